The number of nitrogens with zero attached hydrogens (tertiary/aromatic N) is 2. The van der Waals surface area contributed by atoms with Crippen LogP contribution in [0.4, 0.5) is 0 Å². The summed E-state index contributed by atoms with van der Waals surface area (Å²) in [4.78, 5) is 15.9. The summed E-state index contributed by atoms with van der Waals surface area (Å²) in [7, 11) is 0. The second-order valence-electron chi connectivity index (χ2n) is 9.61. The summed E-state index contributed by atoms with van der Waals surface area (Å²) in [5.41, 5.74) is 2.29. The van der Waals surface area contributed by atoms with Crippen LogP contribution in [0.1, 0.15) is 75.5 Å². The second-order valence-corrected chi connectivity index (χ2v) is 9.61. The lowest BCUT2D eigenvalue weighted by Crippen LogP contribution is -2.30. The molecule has 0 radical (unpaired) electrons. The maximum absolute atomic E-state index is 11.9. The highest BCUT2D eigenvalue weighted by Gasteiger charge is 2.37. The molecule has 2 bridgehead atoms. The molecular formula is C26H34N2O3. The average Bonchev–Trinajstić information content (AvgIpc) is 3.19. The van der Waals surface area contributed by atoms with Gasteiger partial charge in [0.1, 0.15) is 12.4 Å². The van der Waals surface area contributed by atoms with E-state index in [4.69, 9.17) is 9.47 Å². The Labute approximate surface area is 184 Å². The Morgan fingerprint density at radius 1 is 1.10 bits per heavy atom. The van der Waals surface area contributed by atoms with E-state index in [2.05, 4.69) is 36.2 Å². The summed E-state index contributed by atoms with van der Waals surface area (Å²) in [6.07, 6.45) is 11.3. The van der Waals surface area contributed by atoms with Crippen molar-refractivity contribution >= 4 is 0 Å². The summed E-state index contributed by atoms with van der Waals surface area (Å²) in [5, 5.41) is 0. The zero-order valence-electron chi connectivity index (χ0n) is 18.6. The molecule has 3 aliphatic rings. The zero-order valence-corrected chi connectivity index (χ0v) is 18.6. The third-order valence-corrected chi connectivity index (χ3v) is 7.53. The molecule has 166 valence electrons. The highest BCUT2D eigenvalue weighted by Crippen LogP contribution is 2.49. The van der Waals surface area contributed by atoms with Gasteiger partial charge in [-0.3, -0.25) is 9.36 Å². The number of rotatable bonds is 7. The van der Waals surface area contributed by atoms with E-state index < -0.39 is 0 Å². The van der Waals surface area contributed by atoms with E-state index in [9.17, 15) is 4.79 Å². The highest BCUT2D eigenvalue weighted by atomic mass is 16.6. The van der Waals surface area contributed by atoms with Gasteiger partial charge in [0.2, 0.25) is 0 Å². The molecule has 0 unspecified atom stereocenters. The molecule has 0 amide bonds. The second kappa shape index (κ2) is 9.05. The first kappa shape index (κ1) is 20.6. The highest BCUT2D eigenvalue weighted by molar-refractivity contribution is 5.31. The molecule has 0 saturated heterocycles. The van der Waals surface area contributed by atoms with Crippen LogP contribution >= 0.6 is 0 Å². The van der Waals surface area contributed by atoms with Gasteiger partial charge in [-0.15, -0.1) is 0 Å². The molecule has 1 aliphatic heterocycles. The molecule has 5 rings (SSSR count). The first-order valence-electron chi connectivity index (χ1n) is 12.2. The van der Waals surface area contributed by atoms with E-state index >= 15 is 0 Å². The number of hydrogen-bond donors (Lipinski definition) is 0. The van der Waals surface area contributed by atoms with Gasteiger partial charge < -0.3 is 9.47 Å². The summed E-state index contributed by atoms with van der Waals surface area (Å²) >= 11 is 0. The lowest BCUT2D eigenvalue weighted by atomic mass is 9.62. The van der Waals surface area contributed by atoms with Crippen molar-refractivity contribution in [1.82, 2.24) is 9.55 Å². The fourth-order valence-electron chi connectivity index (χ4n) is 6.05. The van der Waals surface area contributed by atoms with Crippen molar-refractivity contribution in [1.29, 1.82) is 0 Å². The zero-order chi connectivity index (χ0) is 21.2. The molecule has 2 aliphatic carbocycles. The number of unbranched alkanes of at least 4 members (excludes halogenated alkanes) is 1. The topological polar surface area (TPSA) is 53.4 Å². The Bertz CT molecular complexity index is 930. The van der Waals surface area contributed by atoms with Gasteiger partial charge in [0, 0.05) is 11.8 Å². The molecule has 5 heteroatoms. The van der Waals surface area contributed by atoms with Crippen molar-refractivity contribution in [2.24, 2.45) is 11.8 Å². The third-order valence-electron chi connectivity index (χ3n) is 7.53. The normalized spacial score (nSPS) is 26.9. The van der Waals surface area contributed by atoms with Crippen LogP contribution in [0.15, 0.2) is 35.1 Å². The summed E-state index contributed by atoms with van der Waals surface area (Å²) in [5.74, 6) is 3.39. The van der Waals surface area contributed by atoms with Crippen molar-refractivity contribution in [2.45, 2.75) is 83.3 Å². The molecule has 2 saturated carbocycles. The first-order chi connectivity index (χ1) is 15.2. The van der Waals surface area contributed by atoms with Gasteiger partial charge in [-0.05, 0) is 74.0 Å². The molecule has 2 fully saturated rings. The third kappa shape index (κ3) is 4.37. The fourth-order valence-corrected chi connectivity index (χ4v) is 6.05. The number of ether oxygens (including phenoxy) is 2. The lowest BCUT2D eigenvalue weighted by Gasteiger charge is -2.43. The van der Waals surface area contributed by atoms with Gasteiger partial charge in [-0.25, -0.2) is 0 Å². The molecule has 2 heterocycles. The fraction of sp³-hybridized carbons (Fsp3) is 0.615. The molecule has 5 nitrogen and oxygen atoms in total. The standard InChI is InChI=1S/C26H34N2O3/c1-2-3-10-21-15-24(29)27-26-28(21)16-23(31-26)17-30-22-13-11-20(12-14-22)25-18-6-4-7-19(25)9-5-8-18/h11-15,18-19,23,25H,2-10,16-17H2,1H3/t18?,19?,23-,25?/m0/s1. The number of benzene rings is 1. The Morgan fingerprint density at radius 3 is 2.48 bits per heavy atom. The van der Waals surface area contributed by atoms with E-state index in [1.807, 2.05) is 4.57 Å². The van der Waals surface area contributed by atoms with Gasteiger partial charge in [-0.2, -0.15) is 4.98 Å². The average molecular weight is 423 g/mol. The Balaban J connectivity index is 1.20. The van der Waals surface area contributed by atoms with Crippen molar-refractivity contribution < 1.29 is 9.47 Å². The van der Waals surface area contributed by atoms with E-state index in [1.165, 1.54) is 44.1 Å². The Hall–Kier alpha value is -2.30. The van der Waals surface area contributed by atoms with Crippen molar-refractivity contribution in [2.75, 3.05) is 6.61 Å². The van der Waals surface area contributed by atoms with Crippen molar-refractivity contribution in [3.8, 4) is 11.8 Å². The van der Waals surface area contributed by atoms with Gasteiger partial charge in [0.15, 0.2) is 6.10 Å². The molecule has 1 aromatic carbocycles. The van der Waals surface area contributed by atoms with Crippen molar-refractivity contribution in [3.63, 3.8) is 0 Å². The minimum absolute atomic E-state index is 0.118. The lowest BCUT2D eigenvalue weighted by molar-refractivity contribution is 0.143. The predicted octanol–water partition coefficient (Wildman–Crippen LogP) is 5.11. The molecule has 1 aromatic heterocycles. The van der Waals surface area contributed by atoms with E-state index in [0.29, 0.717) is 19.2 Å². The minimum Gasteiger partial charge on any atom is -0.490 e. The number of fused-ring (bicyclic) bond motifs is 3. The molecule has 2 aromatic rings. The largest absolute Gasteiger partial charge is 0.490 e. The maximum Gasteiger partial charge on any atom is 0.300 e. The Morgan fingerprint density at radius 2 is 1.81 bits per heavy atom. The maximum atomic E-state index is 11.9. The molecule has 0 N–H and O–H groups in total. The monoisotopic (exact) mass is 422 g/mol. The van der Waals surface area contributed by atoms with Crippen LogP contribution in [0.25, 0.3) is 0 Å². The van der Waals surface area contributed by atoms with Crippen LogP contribution in [-0.2, 0) is 13.0 Å². The van der Waals surface area contributed by atoms with Crippen LogP contribution in [0, 0.1) is 11.8 Å². The number of hydrogen-bond acceptors (Lipinski definition) is 4. The summed E-state index contributed by atoms with van der Waals surface area (Å²) in [6.45, 7) is 3.30. The van der Waals surface area contributed by atoms with Gasteiger partial charge in [0.25, 0.3) is 11.6 Å². The molecule has 1 atom stereocenters. The minimum atomic E-state index is -0.220. The van der Waals surface area contributed by atoms with E-state index in [-0.39, 0.29) is 11.7 Å². The van der Waals surface area contributed by atoms with Crippen LogP contribution < -0.4 is 15.0 Å². The van der Waals surface area contributed by atoms with Crippen molar-refractivity contribution in [3.05, 3.63) is 51.9 Å². The first-order valence-corrected chi connectivity index (χ1v) is 12.2. The van der Waals surface area contributed by atoms with Crippen LogP contribution in [0.5, 0.6) is 11.8 Å². The number of aromatic nitrogens is 2. The quantitative estimate of drug-likeness (QED) is 0.622. The molecule has 31 heavy (non-hydrogen) atoms. The smallest absolute Gasteiger partial charge is 0.300 e. The van der Waals surface area contributed by atoms with Gasteiger partial charge >= 0.3 is 0 Å². The number of aryl methyl sites for hydroxylation is 1. The van der Waals surface area contributed by atoms with Crippen LogP contribution in [-0.4, -0.2) is 22.3 Å². The molecular weight excluding hydrogens is 388 g/mol. The van der Waals surface area contributed by atoms with Gasteiger partial charge in [0.05, 0.1) is 6.54 Å². The van der Waals surface area contributed by atoms with E-state index in [1.54, 1.807) is 6.07 Å². The Kier molecular flexibility index (Phi) is 6.02. The summed E-state index contributed by atoms with van der Waals surface area (Å²) in [6, 6.07) is 10.9. The van der Waals surface area contributed by atoms with E-state index in [0.717, 1.165) is 48.5 Å². The SMILES string of the molecule is CCCCc1cc(=O)nc2n1C[C@@H](COc1ccc(C3C4CCCC3CCC4)cc1)O2. The molecule has 0 spiro atoms. The van der Waals surface area contributed by atoms with Gasteiger partial charge in [-0.1, -0.05) is 38.3 Å². The predicted molar refractivity (Wildman–Crippen MR) is 121 cm³/mol. The van der Waals surface area contributed by atoms with Crippen LogP contribution in [0.3, 0.4) is 0 Å². The summed E-state index contributed by atoms with van der Waals surface area (Å²) < 4.78 is 14.0. The van der Waals surface area contributed by atoms with Crippen LogP contribution in [0.2, 0.25) is 0 Å².